The van der Waals surface area contributed by atoms with Crippen molar-refractivity contribution in [1.29, 1.82) is 5.26 Å². The molecule has 45 heavy (non-hydrogen) atoms. The van der Waals surface area contributed by atoms with Gasteiger partial charge in [-0.05, 0) is 62.7 Å². The quantitative estimate of drug-likeness (QED) is 0.364. The Morgan fingerprint density at radius 3 is 2.62 bits per heavy atom. The van der Waals surface area contributed by atoms with E-state index in [4.69, 9.17) is 14.7 Å². The summed E-state index contributed by atoms with van der Waals surface area (Å²) in [5, 5.41) is 20.8. The highest BCUT2D eigenvalue weighted by molar-refractivity contribution is 5.95. The van der Waals surface area contributed by atoms with Gasteiger partial charge in [0.25, 0.3) is 6.43 Å². The highest BCUT2D eigenvalue weighted by atomic mass is 19.3. The third-order valence-corrected chi connectivity index (χ3v) is 9.91. The van der Waals surface area contributed by atoms with Crippen molar-refractivity contribution in [3.8, 4) is 12.1 Å². The lowest BCUT2D eigenvalue weighted by Gasteiger charge is -2.41. The molecule has 1 unspecified atom stereocenters. The lowest BCUT2D eigenvalue weighted by Crippen LogP contribution is -2.55. The summed E-state index contributed by atoms with van der Waals surface area (Å²) in [7, 11) is 0. The van der Waals surface area contributed by atoms with Crippen molar-refractivity contribution < 1.29 is 23.4 Å². The molecule has 236 valence electrons. The highest BCUT2D eigenvalue weighted by Gasteiger charge is 2.49. The summed E-state index contributed by atoms with van der Waals surface area (Å²) in [6.07, 6.45) is 1.61. The van der Waals surface area contributed by atoms with Gasteiger partial charge in [0.1, 0.15) is 12.4 Å². The first-order chi connectivity index (χ1) is 21.8. The van der Waals surface area contributed by atoms with Crippen LogP contribution >= 0.6 is 0 Å². The number of anilines is 2. The number of carbonyl (C=O) groups is 1. The molecule has 4 heterocycles. The van der Waals surface area contributed by atoms with Crippen LogP contribution in [0.4, 0.5) is 25.1 Å². The standard InChI is InChI=1S/C33H37F2N7O3/c34-29(35)23-17-22-5-1-2-6-25(22)28(18-23)39-14-8-26-27(20-39)37-31(45-21-33(9-10-33)41-12-3-4-13-41)38-30(26)40-15-16-42(32(43)44)24(19-40)7-11-36/h1-2,5-6,17-18,24,29H,3-4,7-10,12-16,19-21H2,(H,43,44). The number of carboxylic acid groups (broad SMARTS) is 1. The summed E-state index contributed by atoms with van der Waals surface area (Å²) in [4.78, 5) is 29.7. The van der Waals surface area contributed by atoms with Gasteiger partial charge >= 0.3 is 12.1 Å². The number of aromatic nitrogens is 2. The van der Waals surface area contributed by atoms with Crippen LogP contribution in [0, 0.1) is 11.3 Å². The molecule has 0 spiro atoms. The minimum Gasteiger partial charge on any atom is -0.465 e. The van der Waals surface area contributed by atoms with Crippen LogP contribution in [0.5, 0.6) is 6.01 Å². The van der Waals surface area contributed by atoms with E-state index in [0.717, 1.165) is 53.6 Å². The van der Waals surface area contributed by atoms with E-state index in [-0.39, 0.29) is 30.1 Å². The number of hydrogen-bond donors (Lipinski definition) is 1. The van der Waals surface area contributed by atoms with Gasteiger partial charge < -0.3 is 24.5 Å². The summed E-state index contributed by atoms with van der Waals surface area (Å²) in [6.45, 7) is 4.65. The second-order valence-electron chi connectivity index (χ2n) is 12.6. The number of piperazine rings is 1. The number of benzene rings is 2. The monoisotopic (exact) mass is 617 g/mol. The van der Waals surface area contributed by atoms with Crippen molar-refractivity contribution in [3.05, 3.63) is 53.2 Å². The summed E-state index contributed by atoms with van der Waals surface area (Å²) in [5.41, 5.74) is 2.48. The second kappa shape index (κ2) is 11.9. The van der Waals surface area contributed by atoms with E-state index in [9.17, 15) is 23.9 Å². The number of alkyl halides is 2. The molecule has 3 aromatic rings. The van der Waals surface area contributed by atoms with Crippen LogP contribution in [-0.4, -0.2) is 88.4 Å². The molecule has 4 aliphatic rings. The normalized spacial score (nSPS) is 21.2. The van der Waals surface area contributed by atoms with Crippen LogP contribution in [0.1, 0.15) is 55.4 Å². The summed E-state index contributed by atoms with van der Waals surface area (Å²) in [5.74, 6) is 0.708. The molecule has 1 N–H and O–H groups in total. The Kier molecular flexibility index (Phi) is 7.81. The zero-order valence-corrected chi connectivity index (χ0v) is 25.2. The molecule has 1 aromatic heterocycles. The number of rotatable bonds is 8. The van der Waals surface area contributed by atoms with Crippen LogP contribution in [0.25, 0.3) is 10.8 Å². The van der Waals surface area contributed by atoms with Crippen molar-refractivity contribution in [2.45, 2.75) is 63.1 Å². The van der Waals surface area contributed by atoms with E-state index in [1.807, 2.05) is 24.3 Å². The molecule has 7 rings (SSSR count). The van der Waals surface area contributed by atoms with Gasteiger partial charge in [-0.1, -0.05) is 24.3 Å². The van der Waals surface area contributed by atoms with Gasteiger partial charge in [0.15, 0.2) is 0 Å². The molecule has 3 aliphatic heterocycles. The average molecular weight is 618 g/mol. The number of hydrogen-bond acceptors (Lipinski definition) is 8. The molecule has 10 nitrogen and oxygen atoms in total. The molecule has 0 radical (unpaired) electrons. The molecule has 0 bridgehead atoms. The van der Waals surface area contributed by atoms with E-state index in [0.29, 0.717) is 45.0 Å². The Morgan fingerprint density at radius 1 is 1.09 bits per heavy atom. The molecule has 3 fully saturated rings. The van der Waals surface area contributed by atoms with Crippen LogP contribution in [-0.2, 0) is 13.0 Å². The zero-order chi connectivity index (χ0) is 31.1. The zero-order valence-electron chi connectivity index (χ0n) is 25.2. The number of amides is 1. The first-order valence-corrected chi connectivity index (χ1v) is 15.8. The predicted octanol–water partition coefficient (Wildman–Crippen LogP) is 5.22. The van der Waals surface area contributed by atoms with Gasteiger partial charge in [-0.2, -0.15) is 15.2 Å². The summed E-state index contributed by atoms with van der Waals surface area (Å²) in [6, 6.07) is 12.7. The van der Waals surface area contributed by atoms with Crippen molar-refractivity contribution >= 4 is 28.4 Å². The largest absolute Gasteiger partial charge is 0.465 e. The first kappa shape index (κ1) is 29.5. The van der Waals surface area contributed by atoms with Crippen molar-refractivity contribution in [1.82, 2.24) is 19.8 Å². The maximum atomic E-state index is 13.9. The Bertz CT molecular complexity index is 1640. The third kappa shape index (κ3) is 5.70. The molecule has 12 heteroatoms. The molecule has 1 saturated carbocycles. The predicted molar refractivity (Wildman–Crippen MR) is 165 cm³/mol. The topological polar surface area (TPSA) is 109 Å². The smallest absolute Gasteiger partial charge is 0.407 e. The third-order valence-electron chi connectivity index (χ3n) is 9.91. The van der Waals surface area contributed by atoms with Crippen LogP contribution in [0.3, 0.4) is 0 Å². The first-order valence-electron chi connectivity index (χ1n) is 15.8. The molecular formula is C33H37F2N7O3. The van der Waals surface area contributed by atoms with Crippen molar-refractivity contribution in [2.24, 2.45) is 0 Å². The van der Waals surface area contributed by atoms with Gasteiger partial charge in [0, 0.05) is 48.4 Å². The molecule has 2 saturated heterocycles. The fraction of sp³-hybridized carbons (Fsp3) is 0.515. The van der Waals surface area contributed by atoms with Gasteiger partial charge in [0.2, 0.25) is 0 Å². The van der Waals surface area contributed by atoms with Gasteiger partial charge in [0.05, 0.1) is 36.3 Å². The van der Waals surface area contributed by atoms with E-state index in [2.05, 4.69) is 20.8 Å². The maximum Gasteiger partial charge on any atom is 0.407 e. The number of fused-ring (bicyclic) bond motifs is 2. The molecule has 1 atom stereocenters. The second-order valence-corrected chi connectivity index (χ2v) is 12.6. The fourth-order valence-corrected chi connectivity index (χ4v) is 7.29. The molecule has 1 aliphatic carbocycles. The SMILES string of the molecule is N#CCC1CN(c2nc(OCC3(N4CCCC4)CC3)nc3c2CCN(c2cc(C(F)F)cc4ccccc24)C3)CCN1C(=O)O. The number of likely N-dealkylation sites (tertiary alicyclic amines) is 1. The van der Waals surface area contributed by atoms with Crippen LogP contribution in [0.15, 0.2) is 36.4 Å². The Morgan fingerprint density at radius 2 is 1.89 bits per heavy atom. The van der Waals surface area contributed by atoms with Crippen molar-refractivity contribution in [2.75, 3.05) is 55.7 Å². The van der Waals surface area contributed by atoms with Gasteiger partial charge in [-0.3, -0.25) is 4.90 Å². The lowest BCUT2D eigenvalue weighted by molar-refractivity contribution is 0.118. The number of halogens is 2. The van der Waals surface area contributed by atoms with E-state index in [1.54, 1.807) is 12.1 Å². The summed E-state index contributed by atoms with van der Waals surface area (Å²) < 4.78 is 34.2. The molecule has 2 aromatic carbocycles. The Labute approximate surface area is 260 Å². The van der Waals surface area contributed by atoms with E-state index >= 15 is 0 Å². The minimum absolute atomic E-state index is 0.0154. The van der Waals surface area contributed by atoms with Crippen molar-refractivity contribution in [3.63, 3.8) is 0 Å². The van der Waals surface area contributed by atoms with Gasteiger partial charge in [-0.25, -0.2) is 13.6 Å². The molecular weight excluding hydrogens is 580 g/mol. The summed E-state index contributed by atoms with van der Waals surface area (Å²) >= 11 is 0. The van der Waals surface area contributed by atoms with Crippen LogP contribution in [0.2, 0.25) is 0 Å². The Balaban J connectivity index is 1.23. The fourth-order valence-electron chi connectivity index (χ4n) is 7.29. The highest BCUT2D eigenvalue weighted by Crippen LogP contribution is 2.44. The minimum atomic E-state index is -2.59. The number of nitrogens with zero attached hydrogens (tertiary/aromatic N) is 7. The van der Waals surface area contributed by atoms with Crippen LogP contribution < -0.4 is 14.5 Å². The maximum absolute atomic E-state index is 13.9. The number of ether oxygens (including phenoxy) is 1. The average Bonchev–Trinajstić information content (AvgIpc) is 3.63. The lowest BCUT2D eigenvalue weighted by atomic mass is 10.00. The molecule has 1 amide bonds. The Hall–Kier alpha value is -4.24. The van der Waals surface area contributed by atoms with E-state index < -0.39 is 18.6 Å². The number of nitriles is 1. The van der Waals surface area contributed by atoms with Gasteiger partial charge in [-0.15, -0.1) is 0 Å². The van der Waals surface area contributed by atoms with E-state index in [1.165, 1.54) is 17.7 Å².